The van der Waals surface area contributed by atoms with E-state index in [-0.39, 0.29) is 11.8 Å². The lowest BCUT2D eigenvalue weighted by atomic mass is 9.71. The summed E-state index contributed by atoms with van der Waals surface area (Å²) < 4.78 is 29.4. The summed E-state index contributed by atoms with van der Waals surface area (Å²) in [6, 6.07) is 14.8. The van der Waals surface area contributed by atoms with E-state index in [9.17, 15) is 13.2 Å². The molecule has 0 bridgehead atoms. The molecular formula is C33H40Cl2N6O4S2. The van der Waals surface area contributed by atoms with E-state index >= 15 is 0 Å². The first kappa shape index (κ1) is 35.4. The number of rotatable bonds is 10. The van der Waals surface area contributed by atoms with Crippen molar-refractivity contribution >= 4 is 56.7 Å². The average molecular weight is 720 g/mol. The summed E-state index contributed by atoms with van der Waals surface area (Å²) in [5.41, 5.74) is 0.167. The number of hydrogen-bond acceptors (Lipinski definition) is 9. The molecule has 0 saturated carbocycles. The molecule has 2 aliphatic heterocycles. The summed E-state index contributed by atoms with van der Waals surface area (Å²) in [6.45, 7) is 9.13. The van der Waals surface area contributed by atoms with Gasteiger partial charge in [0.2, 0.25) is 5.88 Å². The van der Waals surface area contributed by atoms with E-state index in [2.05, 4.69) is 14.9 Å². The highest BCUT2D eigenvalue weighted by molar-refractivity contribution is 7.98. The molecule has 1 saturated heterocycles. The molecular weight excluding hydrogens is 679 g/mol. The standard InChI is InChI=1S/C33H40Cl2N6O4S2/c1-6-45-29-27(22-36-30(37-29)46-4)28-38-32(2,23-8-12-25(34)13-9-23)33(3,24-10-14-26(35)15-11-24)41(28)31(42)40-19-17-39(18-20-40)16-7-21-47(5,43)44/h8-15,22H,6-7,16-21H2,1-5H3/t32-,33+/m0/s1. The number of urea groups is 1. The molecule has 0 N–H and O–H groups in total. The Morgan fingerprint density at radius 2 is 1.57 bits per heavy atom. The fourth-order valence-electron chi connectivity index (χ4n) is 6.27. The van der Waals surface area contributed by atoms with E-state index in [1.807, 2.05) is 80.5 Å². The van der Waals surface area contributed by atoms with Gasteiger partial charge in [0.05, 0.1) is 17.9 Å². The summed E-state index contributed by atoms with van der Waals surface area (Å²) in [5.74, 6) is 0.886. The van der Waals surface area contributed by atoms with E-state index < -0.39 is 20.9 Å². The van der Waals surface area contributed by atoms with Crippen LogP contribution in [0.2, 0.25) is 10.0 Å². The third-order valence-corrected chi connectivity index (χ3v) is 11.1. The van der Waals surface area contributed by atoms with Gasteiger partial charge in [0, 0.05) is 48.7 Å². The molecule has 2 amide bonds. The van der Waals surface area contributed by atoms with Crippen LogP contribution in [0.3, 0.4) is 0 Å². The van der Waals surface area contributed by atoms with Gasteiger partial charge in [0.25, 0.3) is 0 Å². The number of thioether (sulfide) groups is 1. The van der Waals surface area contributed by atoms with Gasteiger partial charge in [-0.1, -0.05) is 59.2 Å². The molecule has 2 aromatic carbocycles. The molecule has 252 valence electrons. The highest BCUT2D eigenvalue weighted by atomic mass is 35.5. The number of hydrogen-bond donors (Lipinski definition) is 0. The lowest BCUT2D eigenvalue weighted by molar-refractivity contribution is 0.0868. The SMILES string of the molecule is CCOc1nc(SC)ncc1C1=N[C@@](C)(c2ccc(Cl)cc2)[C@@](C)(c2ccc(Cl)cc2)N1C(=O)N1CCN(CCCS(C)(=O)=O)CC1. The minimum atomic E-state index is -3.03. The number of halogens is 2. The maximum absolute atomic E-state index is 15.0. The third kappa shape index (κ3) is 7.27. The number of carbonyl (C=O) groups is 1. The van der Waals surface area contributed by atoms with Crippen LogP contribution in [0, 0.1) is 0 Å². The largest absolute Gasteiger partial charge is 0.477 e. The number of sulfone groups is 1. The van der Waals surface area contributed by atoms with Gasteiger partial charge < -0.3 is 9.64 Å². The number of ether oxygens (including phenoxy) is 1. The molecule has 3 aromatic rings. The molecule has 5 rings (SSSR count). The Morgan fingerprint density at radius 3 is 2.13 bits per heavy atom. The normalized spacial score (nSPS) is 22.0. The predicted octanol–water partition coefficient (Wildman–Crippen LogP) is 5.97. The number of amidine groups is 1. The Kier molecular flexibility index (Phi) is 10.8. The molecule has 0 unspecified atom stereocenters. The van der Waals surface area contributed by atoms with E-state index in [0.717, 1.165) is 11.1 Å². The Hall–Kier alpha value is -2.90. The van der Waals surface area contributed by atoms with Crippen molar-refractivity contribution in [1.29, 1.82) is 0 Å². The first-order valence-corrected chi connectivity index (χ1v) is 19.5. The maximum Gasteiger partial charge on any atom is 0.326 e. The van der Waals surface area contributed by atoms with Crippen LogP contribution in [-0.2, 0) is 20.9 Å². The van der Waals surface area contributed by atoms with Gasteiger partial charge in [-0.2, -0.15) is 4.98 Å². The van der Waals surface area contributed by atoms with Crippen molar-refractivity contribution < 1.29 is 17.9 Å². The van der Waals surface area contributed by atoms with Gasteiger partial charge in [0.15, 0.2) is 5.16 Å². The van der Waals surface area contributed by atoms with Crippen molar-refractivity contribution in [3.05, 3.63) is 81.5 Å². The average Bonchev–Trinajstić information content (AvgIpc) is 3.29. The van der Waals surface area contributed by atoms with Crippen LogP contribution in [0.5, 0.6) is 5.88 Å². The van der Waals surface area contributed by atoms with Crippen molar-refractivity contribution in [2.24, 2.45) is 4.99 Å². The molecule has 2 atom stereocenters. The summed E-state index contributed by atoms with van der Waals surface area (Å²) in [6.07, 6.45) is 5.38. The summed E-state index contributed by atoms with van der Waals surface area (Å²) >= 11 is 14.1. The fourth-order valence-corrected chi connectivity index (χ4v) is 7.51. The zero-order chi connectivity index (χ0) is 34.0. The minimum Gasteiger partial charge on any atom is -0.477 e. The van der Waals surface area contributed by atoms with Crippen LogP contribution < -0.4 is 4.74 Å². The van der Waals surface area contributed by atoms with E-state index in [0.29, 0.717) is 78.2 Å². The maximum atomic E-state index is 15.0. The molecule has 1 fully saturated rings. The summed E-state index contributed by atoms with van der Waals surface area (Å²) in [7, 11) is -3.03. The van der Waals surface area contributed by atoms with E-state index in [1.165, 1.54) is 18.0 Å². The molecule has 0 spiro atoms. The highest BCUT2D eigenvalue weighted by Gasteiger charge is 2.60. The first-order valence-electron chi connectivity index (χ1n) is 15.5. The second kappa shape index (κ2) is 14.3. The second-order valence-electron chi connectivity index (χ2n) is 12.0. The molecule has 10 nitrogen and oxygen atoms in total. The fraction of sp³-hybridized carbons (Fsp3) is 0.455. The van der Waals surface area contributed by atoms with Crippen LogP contribution in [0.1, 0.15) is 43.9 Å². The van der Waals surface area contributed by atoms with Crippen molar-refractivity contribution in [3.63, 3.8) is 0 Å². The van der Waals surface area contributed by atoms with Gasteiger partial charge >= 0.3 is 6.03 Å². The Labute approximate surface area is 291 Å². The third-order valence-electron chi connectivity index (χ3n) is 9.01. The van der Waals surface area contributed by atoms with E-state index in [1.54, 1.807) is 11.1 Å². The van der Waals surface area contributed by atoms with Crippen molar-refractivity contribution in [2.45, 2.75) is 43.4 Å². The Balaban J connectivity index is 1.63. The molecule has 3 heterocycles. The number of benzene rings is 2. The quantitative estimate of drug-likeness (QED) is 0.187. The number of amides is 2. The number of piperazine rings is 1. The lowest BCUT2D eigenvalue weighted by Crippen LogP contribution is -2.60. The molecule has 14 heteroatoms. The Bertz CT molecular complexity index is 1730. The first-order chi connectivity index (χ1) is 22.3. The van der Waals surface area contributed by atoms with Gasteiger partial charge in [-0.3, -0.25) is 14.8 Å². The zero-order valence-corrected chi connectivity index (χ0v) is 30.4. The van der Waals surface area contributed by atoms with Crippen LogP contribution in [-0.4, -0.2) is 103 Å². The van der Waals surface area contributed by atoms with E-state index in [4.69, 9.17) is 32.9 Å². The molecule has 1 aromatic heterocycles. The van der Waals surface area contributed by atoms with Crippen LogP contribution in [0.15, 0.2) is 64.9 Å². The van der Waals surface area contributed by atoms with Crippen molar-refractivity contribution in [3.8, 4) is 5.88 Å². The predicted molar refractivity (Wildman–Crippen MR) is 189 cm³/mol. The van der Waals surface area contributed by atoms with Crippen LogP contribution in [0.4, 0.5) is 4.79 Å². The monoisotopic (exact) mass is 718 g/mol. The van der Waals surface area contributed by atoms with Crippen LogP contribution >= 0.6 is 35.0 Å². The van der Waals surface area contributed by atoms with Gasteiger partial charge in [0.1, 0.15) is 26.8 Å². The smallest absolute Gasteiger partial charge is 0.326 e. The molecule has 0 aliphatic carbocycles. The lowest BCUT2D eigenvalue weighted by Gasteiger charge is -2.47. The minimum absolute atomic E-state index is 0.141. The molecule has 0 radical (unpaired) electrons. The number of carbonyl (C=O) groups excluding carboxylic acids is 1. The topological polar surface area (TPSA) is 108 Å². The Morgan fingerprint density at radius 1 is 0.979 bits per heavy atom. The zero-order valence-electron chi connectivity index (χ0n) is 27.2. The highest BCUT2D eigenvalue weighted by Crippen LogP contribution is 2.54. The van der Waals surface area contributed by atoms with Gasteiger partial charge in [-0.25, -0.2) is 18.2 Å². The summed E-state index contributed by atoms with van der Waals surface area (Å²) in [5, 5.41) is 1.71. The number of aliphatic imine (C=N–C) groups is 1. The summed E-state index contributed by atoms with van der Waals surface area (Å²) in [4.78, 5) is 35.4. The number of nitrogens with zero attached hydrogens (tertiary/aromatic N) is 6. The van der Waals surface area contributed by atoms with Crippen molar-refractivity contribution in [1.82, 2.24) is 24.7 Å². The van der Waals surface area contributed by atoms with Gasteiger partial charge in [-0.05, 0) is 75.4 Å². The van der Waals surface area contributed by atoms with Gasteiger partial charge in [-0.15, -0.1) is 0 Å². The molecule has 47 heavy (non-hydrogen) atoms. The van der Waals surface area contributed by atoms with Crippen molar-refractivity contribution in [2.75, 3.05) is 57.6 Å². The number of aromatic nitrogens is 2. The molecule has 2 aliphatic rings. The van der Waals surface area contributed by atoms with Crippen LogP contribution in [0.25, 0.3) is 0 Å². The second-order valence-corrected chi connectivity index (χ2v) is 15.9.